The molecule has 0 unspecified atom stereocenters. The van der Waals surface area contributed by atoms with Crippen molar-refractivity contribution < 1.29 is 41.8 Å². The van der Waals surface area contributed by atoms with Gasteiger partial charge in [-0.3, -0.25) is 19.3 Å². The number of sulfonamides is 1. The number of nitrogens with one attached hydrogen (secondary N) is 1. The molecule has 40 heavy (non-hydrogen) atoms. The number of ether oxygens (including phenoxy) is 1. The summed E-state index contributed by atoms with van der Waals surface area (Å²) in [5.41, 5.74) is -0.646. The number of rotatable bonds is 7. The summed E-state index contributed by atoms with van der Waals surface area (Å²) in [6.45, 7) is 7.69. The summed E-state index contributed by atoms with van der Waals surface area (Å²) in [5.74, 6) is -1.96. The number of oxazole rings is 1. The lowest BCUT2D eigenvalue weighted by atomic mass is 10.1. The number of carbonyl (C=O) groups excluding carboxylic acids is 2. The molecule has 3 aromatic rings. The molecule has 0 aliphatic carbocycles. The Labute approximate surface area is 227 Å². The Morgan fingerprint density at radius 1 is 1.10 bits per heavy atom. The first kappa shape index (κ1) is 28.4. The third-order valence-corrected chi connectivity index (χ3v) is 7.23. The zero-order valence-corrected chi connectivity index (χ0v) is 21.5. The molecule has 3 heterocycles. The lowest BCUT2D eigenvalue weighted by molar-refractivity contribution is -0.274. The molecular weight excluding hydrogens is 555 g/mol. The number of halogens is 3. The molecule has 0 bridgehead atoms. The predicted molar refractivity (Wildman–Crippen MR) is 139 cm³/mol. The Morgan fingerprint density at radius 3 is 2.35 bits per heavy atom. The number of pyridine rings is 1. The highest BCUT2D eigenvalue weighted by molar-refractivity contribution is 8.01. The SMILES string of the molecule is C=C/C(=c1/ncccc1=C)S(=O)(=O)Nc1ccc(C(=O)N2CCN(C(=O)c3cocn3)CC2)cc1OC(F)(F)F.[HH]. The zero-order chi connectivity index (χ0) is 29.1. The summed E-state index contributed by atoms with van der Waals surface area (Å²) in [7, 11) is -4.51. The minimum atomic E-state index is -5.19. The van der Waals surface area contributed by atoms with Gasteiger partial charge in [0.2, 0.25) is 0 Å². The molecule has 1 N–H and O–H groups in total. The average molecular weight is 580 g/mol. The van der Waals surface area contributed by atoms with Crippen LogP contribution in [0, 0.1) is 0 Å². The van der Waals surface area contributed by atoms with Gasteiger partial charge in [-0.2, -0.15) is 0 Å². The van der Waals surface area contributed by atoms with E-state index in [1.807, 2.05) is 0 Å². The van der Waals surface area contributed by atoms with Crippen molar-refractivity contribution in [1.29, 1.82) is 0 Å². The van der Waals surface area contributed by atoms with Gasteiger partial charge in [-0.25, -0.2) is 13.4 Å². The van der Waals surface area contributed by atoms with E-state index >= 15 is 0 Å². The van der Waals surface area contributed by atoms with E-state index in [0.29, 0.717) is 0 Å². The molecule has 1 saturated heterocycles. The zero-order valence-electron chi connectivity index (χ0n) is 20.7. The Bertz CT molecular complexity index is 1660. The summed E-state index contributed by atoms with van der Waals surface area (Å²) >= 11 is 0. The van der Waals surface area contributed by atoms with E-state index in [4.69, 9.17) is 4.42 Å². The van der Waals surface area contributed by atoms with Gasteiger partial charge in [-0.15, -0.1) is 13.2 Å². The maximum atomic E-state index is 13.2. The number of amides is 2. The number of aromatic nitrogens is 2. The van der Waals surface area contributed by atoms with Crippen molar-refractivity contribution >= 4 is 39.0 Å². The van der Waals surface area contributed by atoms with Gasteiger partial charge >= 0.3 is 6.36 Å². The lowest BCUT2D eigenvalue weighted by Crippen LogP contribution is -2.50. The molecule has 0 saturated carbocycles. The first-order valence-corrected chi connectivity index (χ1v) is 13.0. The van der Waals surface area contributed by atoms with Crippen molar-refractivity contribution in [2.24, 2.45) is 0 Å². The smallest absolute Gasteiger partial charge is 0.451 e. The molecule has 212 valence electrons. The third-order valence-electron chi connectivity index (χ3n) is 5.80. The van der Waals surface area contributed by atoms with Crippen molar-refractivity contribution in [1.82, 2.24) is 19.8 Å². The van der Waals surface area contributed by atoms with Crippen molar-refractivity contribution in [3.05, 3.63) is 83.7 Å². The van der Waals surface area contributed by atoms with E-state index in [1.165, 1.54) is 34.4 Å². The van der Waals surface area contributed by atoms with E-state index in [2.05, 4.69) is 32.6 Å². The Morgan fingerprint density at radius 2 is 1.77 bits per heavy atom. The second kappa shape index (κ2) is 11.2. The predicted octanol–water partition coefficient (Wildman–Crippen LogP) is 1.96. The third kappa shape index (κ3) is 6.31. The van der Waals surface area contributed by atoms with Gasteiger partial charge in [-0.05, 0) is 35.6 Å². The van der Waals surface area contributed by atoms with Gasteiger partial charge < -0.3 is 19.0 Å². The second-order valence-electron chi connectivity index (χ2n) is 8.40. The van der Waals surface area contributed by atoms with E-state index in [-0.39, 0.29) is 55.3 Å². The molecule has 2 aromatic heterocycles. The van der Waals surface area contributed by atoms with Crippen molar-refractivity contribution in [3.8, 4) is 5.75 Å². The highest BCUT2D eigenvalue weighted by Gasteiger charge is 2.34. The van der Waals surface area contributed by atoms with Crippen LogP contribution in [0.15, 0.2) is 66.3 Å². The quantitative estimate of drug-likeness (QED) is 0.449. The first-order chi connectivity index (χ1) is 18.9. The molecule has 1 aromatic carbocycles. The fourth-order valence-electron chi connectivity index (χ4n) is 3.92. The molecule has 1 aliphatic rings. The van der Waals surface area contributed by atoms with Gasteiger partial charge in [0.25, 0.3) is 21.8 Å². The second-order valence-corrected chi connectivity index (χ2v) is 10.1. The number of piperazine rings is 1. The van der Waals surface area contributed by atoms with Crippen LogP contribution in [0.25, 0.3) is 11.5 Å². The number of anilines is 1. The van der Waals surface area contributed by atoms with Crippen molar-refractivity contribution in [2.75, 3.05) is 30.9 Å². The highest BCUT2D eigenvalue weighted by Crippen LogP contribution is 2.33. The molecule has 0 atom stereocenters. The first-order valence-electron chi connectivity index (χ1n) is 11.6. The topological polar surface area (TPSA) is 135 Å². The number of hydrogen-bond acceptors (Lipinski definition) is 8. The van der Waals surface area contributed by atoms with Crippen LogP contribution in [-0.4, -0.2) is 72.5 Å². The number of alkyl halides is 3. The van der Waals surface area contributed by atoms with Gasteiger partial charge in [0.1, 0.15) is 11.2 Å². The van der Waals surface area contributed by atoms with Crippen LogP contribution in [0.2, 0.25) is 0 Å². The fourth-order valence-corrected chi connectivity index (χ4v) is 5.14. The van der Waals surface area contributed by atoms with Crippen LogP contribution in [0.4, 0.5) is 18.9 Å². The Kier molecular flexibility index (Phi) is 7.95. The minimum absolute atomic E-state index is 0. The summed E-state index contributed by atoms with van der Waals surface area (Å²) in [6.07, 6.45) is -0.575. The van der Waals surface area contributed by atoms with Crippen molar-refractivity contribution in [3.63, 3.8) is 0 Å². The molecule has 1 fully saturated rings. The van der Waals surface area contributed by atoms with Gasteiger partial charge in [0, 0.05) is 39.4 Å². The van der Waals surface area contributed by atoms with E-state index in [1.54, 1.807) is 0 Å². The summed E-state index contributed by atoms with van der Waals surface area (Å²) in [4.78, 5) is 35.7. The van der Waals surface area contributed by atoms with Gasteiger partial charge in [-0.1, -0.05) is 19.2 Å². The van der Waals surface area contributed by atoms with Crippen LogP contribution in [0.1, 0.15) is 22.3 Å². The molecule has 0 spiro atoms. The molecule has 2 amide bonds. The number of carbonyl (C=O) groups is 2. The van der Waals surface area contributed by atoms with Gasteiger partial charge in [0.05, 0.1) is 11.0 Å². The monoisotopic (exact) mass is 579 g/mol. The molecule has 1 aliphatic heterocycles. The number of benzene rings is 1. The lowest BCUT2D eigenvalue weighted by Gasteiger charge is -2.34. The minimum Gasteiger partial charge on any atom is -0.451 e. The molecule has 11 nitrogen and oxygen atoms in total. The maximum absolute atomic E-state index is 13.2. The summed E-state index contributed by atoms with van der Waals surface area (Å²) in [5, 5.41) is 0.203. The fraction of sp³-hybridized carbons (Fsp3) is 0.200. The standard InChI is InChI=1S/C25H22F3N5O6S.H2/c1-3-21(22-16(2)5-4-8-29-22)40(36,37)31-18-7-6-17(13-20(18)39-25(26,27)28)23(34)32-9-11-33(12-10-32)24(35)19-14-38-15-30-19;/h3-8,13-15,31H,1-2,9-12H2;1H/b22-21-;. The summed E-state index contributed by atoms with van der Waals surface area (Å²) < 4.78 is 76.8. The van der Waals surface area contributed by atoms with Crippen molar-refractivity contribution in [2.45, 2.75) is 6.36 Å². The molecule has 4 rings (SSSR count). The largest absolute Gasteiger partial charge is 0.573 e. The number of hydrogen-bond donors (Lipinski definition) is 1. The van der Waals surface area contributed by atoms with Crippen LogP contribution < -0.4 is 20.0 Å². The Balaban J connectivity index is 0.00000462. The molecule has 0 radical (unpaired) electrons. The number of nitrogens with zero attached hydrogens (tertiary/aromatic N) is 4. The van der Waals surface area contributed by atoms with Gasteiger partial charge in [0.15, 0.2) is 17.8 Å². The van der Waals surface area contributed by atoms with E-state index < -0.39 is 38.6 Å². The summed E-state index contributed by atoms with van der Waals surface area (Å²) in [6, 6.07) is 5.98. The van der Waals surface area contributed by atoms with E-state index in [9.17, 15) is 31.2 Å². The van der Waals surface area contributed by atoms with E-state index in [0.717, 1.165) is 30.7 Å². The molecule has 15 heteroatoms. The maximum Gasteiger partial charge on any atom is 0.573 e. The van der Waals surface area contributed by atoms with Crippen LogP contribution >= 0.6 is 0 Å². The average Bonchev–Trinajstić information content (AvgIpc) is 3.44. The van der Waals surface area contributed by atoms with Crippen LogP contribution in [0.5, 0.6) is 5.75 Å². The van der Waals surface area contributed by atoms with Crippen LogP contribution in [-0.2, 0) is 10.0 Å². The molecular formula is C25H24F3N5O6S. The van der Waals surface area contributed by atoms with Crippen LogP contribution in [0.3, 0.4) is 0 Å². The normalized spacial score (nSPS) is 14.9. The Hall–Kier alpha value is -4.66. The highest BCUT2D eigenvalue weighted by atomic mass is 32.2.